The van der Waals surface area contributed by atoms with Crippen molar-refractivity contribution in [3.05, 3.63) is 0 Å². The van der Waals surface area contributed by atoms with Crippen LogP contribution >= 0.6 is 0 Å². The van der Waals surface area contributed by atoms with Gasteiger partial charge in [-0.05, 0) is 31.6 Å². The summed E-state index contributed by atoms with van der Waals surface area (Å²) in [5, 5.41) is 4.69. The third-order valence-corrected chi connectivity index (χ3v) is 3.90. The summed E-state index contributed by atoms with van der Waals surface area (Å²) in [5.74, 6) is -0.848. The molecule has 2 atom stereocenters. The first kappa shape index (κ1) is 23.9. The second-order valence-electron chi connectivity index (χ2n) is 7.27. The van der Waals surface area contributed by atoms with Gasteiger partial charge in [-0.1, -0.05) is 27.7 Å². The molecule has 3 amide bonds. The molecule has 0 fully saturated rings. The fourth-order valence-electron chi connectivity index (χ4n) is 2.25. The van der Waals surface area contributed by atoms with E-state index in [9.17, 15) is 19.2 Å². The van der Waals surface area contributed by atoms with Gasteiger partial charge in [0.05, 0.1) is 0 Å². The van der Waals surface area contributed by atoms with Crippen LogP contribution in [0.2, 0.25) is 0 Å². The number of ether oxygens (including phenoxy) is 1. The van der Waals surface area contributed by atoms with Gasteiger partial charge in [0.15, 0.2) is 0 Å². The van der Waals surface area contributed by atoms with Crippen LogP contribution in [0.15, 0.2) is 0 Å². The molecule has 2 N–H and O–H groups in total. The number of carbonyl (C=O) groups excluding carboxylic acids is 4. The van der Waals surface area contributed by atoms with Gasteiger partial charge in [0, 0.05) is 20.5 Å². The number of alkyl carbamates (subject to hydrolysis) is 1. The van der Waals surface area contributed by atoms with Crippen LogP contribution in [0.4, 0.5) is 4.79 Å². The van der Waals surface area contributed by atoms with Crippen molar-refractivity contribution in [1.82, 2.24) is 15.5 Å². The van der Waals surface area contributed by atoms with Crippen molar-refractivity contribution in [2.45, 2.75) is 66.0 Å². The highest BCUT2D eigenvalue weighted by Gasteiger charge is 2.30. The molecule has 0 saturated heterocycles. The number of rotatable bonds is 9. The largest absolute Gasteiger partial charge is 0.414 e. The van der Waals surface area contributed by atoms with Gasteiger partial charge in [-0.25, -0.2) is 9.59 Å². The Labute approximate surface area is 156 Å². The number of hydrogen-bond donors (Lipinski definition) is 2. The Morgan fingerprint density at radius 2 is 1.58 bits per heavy atom. The van der Waals surface area contributed by atoms with Crippen molar-refractivity contribution in [3.8, 4) is 0 Å². The average Bonchev–Trinajstić information content (AvgIpc) is 2.55. The zero-order chi connectivity index (χ0) is 20.4. The van der Waals surface area contributed by atoms with Gasteiger partial charge in [0.25, 0.3) is 0 Å². The third-order valence-electron chi connectivity index (χ3n) is 3.90. The van der Waals surface area contributed by atoms with E-state index in [0.717, 1.165) is 6.42 Å². The van der Waals surface area contributed by atoms with E-state index >= 15 is 0 Å². The molecule has 0 aromatic heterocycles. The van der Waals surface area contributed by atoms with Crippen molar-refractivity contribution >= 4 is 23.9 Å². The molecule has 8 heteroatoms. The molecule has 0 saturated carbocycles. The molecule has 0 bridgehead atoms. The fourth-order valence-corrected chi connectivity index (χ4v) is 2.25. The smallest absolute Gasteiger partial charge is 0.375 e. The summed E-state index contributed by atoms with van der Waals surface area (Å²) in [6.45, 7) is 9.40. The van der Waals surface area contributed by atoms with Gasteiger partial charge in [0.1, 0.15) is 12.1 Å². The van der Waals surface area contributed by atoms with Gasteiger partial charge in [0.2, 0.25) is 11.8 Å². The maximum Gasteiger partial charge on any atom is 0.414 e. The first-order valence-electron chi connectivity index (χ1n) is 8.98. The van der Waals surface area contributed by atoms with Gasteiger partial charge in [-0.15, -0.1) is 0 Å². The summed E-state index contributed by atoms with van der Waals surface area (Å²) >= 11 is 0. The minimum Gasteiger partial charge on any atom is -0.375 e. The predicted molar refractivity (Wildman–Crippen MR) is 98.2 cm³/mol. The summed E-state index contributed by atoms with van der Waals surface area (Å²) in [7, 11) is 2.93. The lowest BCUT2D eigenvalue weighted by Crippen LogP contribution is -2.52. The Bertz CT molecular complexity index is 505. The molecule has 0 aliphatic carbocycles. The van der Waals surface area contributed by atoms with Crippen LogP contribution in [-0.2, 0) is 19.1 Å². The summed E-state index contributed by atoms with van der Waals surface area (Å²) in [6.07, 6.45) is 0.682. The minimum atomic E-state index is -1.01. The maximum atomic E-state index is 12.6. The molecule has 8 nitrogen and oxygen atoms in total. The zero-order valence-corrected chi connectivity index (χ0v) is 16.9. The Morgan fingerprint density at radius 3 is 2.04 bits per heavy atom. The molecular formula is C18H33N3O5. The first-order chi connectivity index (χ1) is 12.0. The van der Waals surface area contributed by atoms with E-state index in [2.05, 4.69) is 15.4 Å². The molecule has 0 aromatic carbocycles. The summed E-state index contributed by atoms with van der Waals surface area (Å²) in [4.78, 5) is 49.3. The Balaban J connectivity index is 4.99. The second kappa shape index (κ2) is 11.5. The summed E-state index contributed by atoms with van der Waals surface area (Å²) in [5.41, 5.74) is 0. The number of amides is 3. The monoisotopic (exact) mass is 371 g/mol. The average molecular weight is 371 g/mol. The molecule has 0 aliphatic rings. The van der Waals surface area contributed by atoms with E-state index in [-0.39, 0.29) is 11.8 Å². The van der Waals surface area contributed by atoms with E-state index in [1.165, 1.54) is 18.9 Å². The van der Waals surface area contributed by atoms with Gasteiger partial charge in [-0.2, -0.15) is 0 Å². The third kappa shape index (κ3) is 8.82. The minimum absolute atomic E-state index is 0.111. The SMILES string of the molecule is CNC(=O)OC(=O)[C@@H](C)NC(=O)[C@H](CC(C)C)N(C)C(=O)CCC(C)C. The number of likely N-dealkylation sites (N-methyl/N-ethyl adjacent to an activating group) is 1. The van der Waals surface area contributed by atoms with E-state index in [0.29, 0.717) is 18.8 Å². The highest BCUT2D eigenvalue weighted by atomic mass is 16.6. The van der Waals surface area contributed by atoms with Crippen molar-refractivity contribution in [2.75, 3.05) is 14.1 Å². The molecule has 0 aliphatic heterocycles. The summed E-state index contributed by atoms with van der Waals surface area (Å²) < 4.78 is 4.51. The molecule has 0 unspecified atom stereocenters. The summed E-state index contributed by atoms with van der Waals surface area (Å²) in [6, 6.07) is -1.70. The lowest BCUT2D eigenvalue weighted by atomic mass is 10.0. The number of hydrogen-bond acceptors (Lipinski definition) is 5. The molecule has 26 heavy (non-hydrogen) atoms. The van der Waals surface area contributed by atoms with Crippen molar-refractivity contribution in [1.29, 1.82) is 0 Å². The molecule has 0 spiro atoms. The Hall–Kier alpha value is -2.12. The zero-order valence-electron chi connectivity index (χ0n) is 16.9. The normalized spacial score (nSPS) is 13.1. The van der Waals surface area contributed by atoms with Crippen LogP contribution in [0.1, 0.15) is 53.9 Å². The van der Waals surface area contributed by atoms with Crippen molar-refractivity contribution in [2.24, 2.45) is 11.8 Å². The molecular weight excluding hydrogens is 338 g/mol. The molecule has 0 aromatic rings. The van der Waals surface area contributed by atoms with Crippen molar-refractivity contribution in [3.63, 3.8) is 0 Å². The lowest BCUT2D eigenvalue weighted by molar-refractivity contribution is -0.144. The predicted octanol–water partition coefficient (Wildman–Crippen LogP) is 1.68. The van der Waals surface area contributed by atoms with Crippen LogP contribution in [0, 0.1) is 11.8 Å². The van der Waals surface area contributed by atoms with E-state index in [1.807, 2.05) is 27.7 Å². The highest BCUT2D eigenvalue weighted by molar-refractivity contribution is 5.93. The molecule has 150 valence electrons. The van der Waals surface area contributed by atoms with E-state index in [1.54, 1.807) is 7.05 Å². The topological polar surface area (TPSA) is 105 Å². The van der Waals surface area contributed by atoms with E-state index in [4.69, 9.17) is 0 Å². The quantitative estimate of drug-likeness (QED) is 0.474. The number of carbonyl (C=O) groups is 4. The lowest BCUT2D eigenvalue weighted by Gasteiger charge is -2.29. The maximum absolute atomic E-state index is 12.6. The standard InChI is InChI=1S/C18H33N3O5/c1-11(2)8-9-15(22)21(7)14(10-12(3)4)16(23)20-13(5)17(24)26-18(25)19-6/h11-14H,8-10H2,1-7H3,(H,19,25)(H,20,23)/t13-,14+/m1/s1. The van der Waals surface area contributed by atoms with Gasteiger partial charge in [-0.3, -0.25) is 9.59 Å². The Kier molecular flexibility index (Phi) is 10.6. The van der Waals surface area contributed by atoms with Gasteiger partial charge >= 0.3 is 12.1 Å². The van der Waals surface area contributed by atoms with Crippen molar-refractivity contribution < 1.29 is 23.9 Å². The Morgan fingerprint density at radius 1 is 1.00 bits per heavy atom. The number of nitrogens with one attached hydrogen (secondary N) is 2. The number of esters is 1. The number of nitrogens with zero attached hydrogens (tertiary/aromatic N) is 1. The van der Waals surface area contributed by atoms with Crippen LogP contribution in [0.3, 0.4) is 0 Å². The van der Waals surface area contributed by atoms with Crippen LogP contribution in [0.25, 0.3) is 0 Å². The highest BCUT2D eigenvalue weighted by Crippen LogP contribution is 2.14. The molecule has 0 heterocycles. The molecule has 0 radical (unpaired) electrons. The first-order valence-corrected chi connectivity index (χ1v) is 8.98. The fraction of sp³-hybridized carbons (Fsp3) is 0.778. The van der Waals surface area contributed by atoms with Gasteiger partial charge < -0.3 is 20.3 Å². The van der Waals surface area contributed by atoms with Crippen LogP contribution < -0.4 is 10.6 Å². The second-order valence-corrected chi connectivity index (χ2v) is 7.27. The molecule has 0 rings (SSSR count). The van der Waals surface area contributed by atoms with Crippen LogP contribution in [0.5, 0.6) is 0 Å². The van der Waals surface area contributed by atoms with E-state index < -0.39 is 30.1 Å². The van der Waals surface area contributed by atoms with Crippen LogP contribution in [-0.4, -0.2) is 55.0 Å².